The summed E-state index contributed by atoms with van der Waals surface area (Å²) in [5.41, 5.74) is 0.731. The maximum atomic E-state index is 5.37. The topological polar surface area (TPSA) is 0 Å². The van der Waals surface area contributed by atoms with Gasteiger partial charge in [-0.1, -0.05) is 19.3 Å². The highest BCUT2D eigenvalue weighted by Crippen LogP contribution is 2.54. The highest BCUT2D eigenvalue weighted by molar-refractivity contribution is 5.07. The molecule has 1 spiro atoms. The van der Waals surface area contributed by atoms with Crippen LogP contribution in [0.5, 0.6) is 0 Å². The summed E-state index contributed by atoms with van der Waals surface area (Å²) in [5, 5.41) is 0. The van der Waals surface area contributed by atoms with Gasteiger partial charge in [0.15, 0.2) is 0 Å². The summed E-state index contributed by atoms with van der Waals surface area (Å²) >= 11 is 0. The molecule has 0 aromatic carbocycles. The third kappa shape index (κ3) is 1.18. The van der Waals surface area contributed by atoms with Crippen LogP contribution in [0.15, 0.2) is 0 Å². The number of hydrogen-bond donors (Lipinski definition) is 0. The molecule has 11 heavy (non-hydrogen) atoms. The molecule has 0 N–H and O–H groups in total. The van der Waals surface area contributed by atoms with Gasteiger partial charge in [-0.15, -0.1) is 12.3 Å². The van der Waals surface area contributed by atoms with Crippen LogP contribution in [0.25, 0.3) is 0 Å². The first-order valence-corrected chi connectivity index (χ1v) is 4.81. The minimum atomic E-state index is 0.632. The van der Waals surface area contributed by atoms with Crippen LogP contribution < -0.4 is 0 Å². The van der Waals surface area contributed by atoms with Crippen LogP contribution in [0.4, 0.5) is 0 Å². The molecule has 0 amide bonds. The van der Waals surface area contributed by atoms with Crippen LogP contribution in [0, 0.1) is 23.7 Å². The Bertz CT molecular complexity index is 171. The third-order valence-electron chi connectivity index (χ3n) is 3.51. The Morgan fingerprint density at radius 1 is 1.09 bits per heavy atom. The summed E-state index contributed by atoms with van der Waals surface area (Å²) in [6.45, 7) is 0. The molecule has 0 aliphatic heterocycles. The molecule has 0 unspecified atom stereocenters. The second kappa shape index (κ2) is 2.55. The molecule has 60 valence electrons. The molecule has 2 aliphatic carbocycles. The van der Waals surface area contributed by atoms with E-state index in [0.29, 0.717) is 5.92 Å². The molecule has 2 aliphatic rings. The van der Waals surface area contributed by atoms with Crippen LogP contribution in [0.3, 0.4) is 0 Å². The van der Waals surface area contributed by atoms with Gasteiger partial charge >= 0.3 is 0 Å². The van der Waals surface area contributed by atoms with Crippen molar-refractivity contribution in [3.63, 3.8) is 0 Å². The zero-order chi connectivity index (χ0) is 7.73. The second-order valence-corrected chi connectivity index (χ2v) is 4.33. The molecule has 2 fully saturated rings. The highest BCUT2D eigenvalue weighted by Gasteiger charge is 2.43. The van der Waals surface area contributed by atoms with Crippen molar-refractivity contribution < 1.29 is 0 Å². The van der Waals surface area contributed by atoms with Gasteiger partial charge in [0.1, 0.15) is 0 Å². The summed E-state index contributed by atoms with van der Waals surface area (Å²) in [5.74, 6) is 3.51. The van der Waals surface area contributed by atoms with E-state index in [4.69, 9.17) is 6.42 Å². The SMILES string of the molecule is C#CC1CC2(CCCCC2)C1. The van der Waals surface area contributed by atoms with Gasteiger partial charge in [0.05, 0.1) is 0 Å². The van der Waals surface area contributed by atoms with Gasteiger partial charge in [0, 0.05) is 5.92 Å². The van der Waals surface area contributed by atoms with E-state index in [-0.39, 0.29) is 0 Å². The Morgan fingerprint density at radius 3 is 2.27 bits per heavy atom. The van der Waals surface area contributed by atoms with Gasteiger partial charge in [0.25, 0.3) is 0 Å². The van der Waals surface area contributed by atoms with Gasteiger partial charge in [0.2, 0.25) is 0 Å². The van der Waals surface area contributed by atoms with Crippen LogP contribution in [-0.4, -0.2) is 0 Å². The largest absolute Gasteiger partial charge is 0.120 e. The highest BCUT2D eigenvalue weighted by atomic mass is 14.5. The Kier molecular flexibility index (Phi) is 1.68. The van der Waals surface area contributed by atoms with Crippen molar-refractivity contribution in [1.82, 2.24) is 0 Å². The Hall–Kier alpha value is -0.440. The molecule has 0 bridgehead atoms. The summed E-state index contributed by atoms with van der Waals surface area (Å²) < 4.78 is 0. The van der Waals surface area contributed by atoms with E-state index in [1.807, 2.05) is 0 Å². The van der Waals surface area contributed by atoms with E-state index in [1.165, 1.54) is 44.9 Å². The average molecular weight is 148 g/mol. The molecular formula is C11H16. The first-order chi connectivity index (χ1) is 5.35. The van der Waals surface area contributed by atoms with Gasteiger partial charge in [-0.05, 0) is 31.1 Å². The zero-order valence-electron chi connectivity index (χ0n) is 7.10. The Labute approximate surface area is 69.4 Å². The van der Waals surface area contributed by atoms with Crippen molar-refractivity contribution in [2.75, 3.05) is 0 Å². The summed E-state index contributed by atoms with van der Waals surface area (Å²) in [6.07, 6.45) is 15.3. The predicted molar refractivity (Wildman–Crippen MR) is 47.1 cm³/mol. The first-order valence-electron chi connectivity index (χ1n) is 4.81. The molecule has 0 heterocycles. The van der Waals surface area contributed by atoms with E-state index in [0.717, 1.165) is 5.41 Å². The second-order valence-electron chi connectivity index (χ2n) is 4.33. The fraction of sp³-hybridized carbons (Fsp3) is 0.818. The van der Waals surface area contributed by atoms with E-state index in [9.17, 15) is 0 Å². The number of hydrogen-bond acceptors (Lipinski definition) is 0. The van der Waals surface area contributed by atoms with Crippen molar-refractivity contribution in [1.29, 1.82) is 0 Å². The quantitative estimate of drug-likeness (QED) is 0.463. The van der Waals surface area contributed by atoms with Gasteiger partial charge in [-0.25, -0.2) is 0 Å². The molecule has 0 nitrogen and oxygen atoms in total. The maximum Gasteiger partial charge on any atom is 0.0210 e. The summed E-state index contributed by atoms with van der Waals surface area (Å²) in [4.78, 5) is 0. The molecule has 0 radical (unpaired) electrons. The molecule has 2 saturated carbocycles. The molecule has 0 saturated heterocycles. The lowest BCUT2D eigenvalue weighted by molar-refractivity contribution is 0.0424. The molecule has 0 atom stereocenters. The van der Waals surface area contributed by atoms with Crippen LogP contribution in [-0.2, 0) is 0 Å². The van der Waals surface area contributed by atoms with Crippen molar-refractivity contribution in [2.24, 2.45) is 11.3 Å². The zero-order valence-corrected chi connectivity index (χ0v) is 7.10. The molecule has 2 rings (SSSR count). The summed E-state index contributed by atoms with van der Waals surface area (Å²) in [6, 6.07) is 0. The minimum Gasteiger partial charge on any atom is -0.120 e. The Balaban J connectivity index is 1.90. The maximum absolute atomic E-state index is 5.37. The van der Waals surface area contributed by atoms with Crippen molar-refractivity contribution in [3.05, 3.63) is 0 Å². The van der Waals surface area contributed by atoms with Crippen molar-refractivity contribution in [3.8, 4) is 12.3 Å². The standard InChI is InChI=1S/C11H16/c1-2-10-8-11(9-10)6-4-3-5-7-11/h1,10H,3-9H2. The van der Waals surface area contributed by atoms with Crippen molar-refractivity contribution in [2.45, 2.75) is 44.9 Å². The number of rotatable bonds is 0. The smallest absolute Gasteiger partial charge is 0.0210 e. The first kappa shape index (κ1) is 7.22. The lowest BCUT2D eigenvalue weighted by Gasteiger charge is -2.48. The van der Waals surface area contributed by atoms with Gasteiger partial charge in [-0.3, -0.25) is 0 Å². The monoisotopic (exact) mass is 148 g/mol. The minimum absolute atomic E-state index is 0.632. The van der Waals surface area contributed by atoms with Crippen LogP contribution >= 0.6 is 0 Å². The fourth-order valence-corrected chi connectivity index (χ4v) is 2.81. The van der Waals surface area contributed by atoms with E-state index >= 15 is 0 Å². The van der Waals surface area contributed by atoms with E-state index in [1.54, 1.807) is 0 Å². The normalized spacial score (nSPS) is 29.4. The van der Waals surface area contributed by atoms with E-state index in [2.05, 4.69) is 5.92 Å². The fourth-order valence-electron chi connectivity index (χ4n) is 2.81. The number of terminal acetylenes is 1. The van der Waals surface area contributed by atoms with Gasteiger partial charge in [-0.2, -0.15) is 0 Å². The Morgan fingerprint density at radius 2 is 1.73 bits per heavy atom. The third-order valence-corrected chi connectivity index (χ3v) is 3.51. The predicted octanol–water partition coefficient (Wildman–Crippen LogP) is 2.98. The van der Waals surface area contributed by atoms with Gasteiger partial charge < -0.3 is 0 Å². The van der Waals surface area contributed by atoms with Crippen LogP contribution in [0.2, 0.25) is 0 Å². The molecule has 0 aromatic rings. The lowest BCUT2D eigenvalue weighted by Crippen LogP contribution is -2.38. The molecular weight excluding hydrogens is 132 g/mol. The van der Waals surface area contributed by atoms with Crippen molar-refractivity contribution >= 4 is 0 Å². The summed E-state index contributed by atoms with van der Waals surface area (Å²) in [7, 11) is 0. The van der Waals surface area contributed by atoms with E-state index < -0.39 is 0 Å². The average Bonchev–Trinajstić information content (AvgIpc) is 2.01. The molecule has 0 aromatic heterocycles. The lowest BCUT2D eigenvalue weighted by atomic mass is 9.56. The molecule has 0 heteroatoms. The van der Waals surface area contributed by atoms with Crippen LogP contribution in [0.1, 0.15) is 44.9 Å².